The highest BCUT2D eigenvalue weighted by atomic mass is 32.1. The van der Waals surface area contributed by atoms with E-state index in [9.17, 15) is 9.59 Å². The van der Waals surface area contributed by atoms with Gasteiger partial charge in [0.25, 0.3) is 0 Å². The SMILES string of the molecule is CN[C@H](C(=O)C[C@@H](CS)C(=O)CN[C@H](C)[C@@H](C)CS)[C@H](S)C(C)C. The Morgan fingerprint density at radius 1 is 1.00 bits per heavy atom. The lowest BCUT2D eigenvalue weighted by Crippen LogP contribution is -2.46. The Labute approximate surface area is 163 Å². The number of nitrogens with one attached hydrogen (secondary N) is 2. The average Bonchev–Trinajstić information content (AvgIpc) is 2.56. The molecule has 142 valence electrons. The van der Waals surface area contributed by atoms with E-state index >= 15 is 0 Å². The van der Waals surface area contributed by atoms with Crippen LogP contribution < -0.4 is 10.6 Å². The maximum absolute atomic E-state index is 12.6. The first-order chi connectivity index (χ1) is 11.2. The van der Waals surface area contributed by atoms with Gasteiger partial charge in [-0.15, -0.1) is 0 Å². The van der Waals surface area contributed by atoms with Crippen molar-refractivity contribution in [2.45, 2.75) is 51.4 Å². The van der Waals surface area contributed by atoms with Crippen LogP contribution in [0.4, 0.5) is 0 Å². The predicted octanol–water partition coefficient (Wildman–Crippen LogP) is 2.15. The van der Waals surface area contributed by atoms with Crippen molar-refractivity contribution in [1.82, 2.24) is 10.6 Å². The number of thiol groups is 3. The number of carbonyl (C=O) groups is 2. The van der Waals surface area contributed by atoms with Gasteiger partial charge in [-0.05, 0) is 31.6 Å². The fourth-order valence-corrected chi connectivity index (χ4v) is 3.29. The molecule has 4 nitrogen and oxygen atoms in total. The molecule has 0 spiro atoms. The number of likely N-dealkylation sites (N-methyl/N-ethyl adjacent to an activating group) is 1. The van der Waals surface area contributed by atoms with Crippen LogP contribution in [0.25, 0.3) is 0 Å². The maximum atomic E-state index is 12.6. The van der Waals surface area contributed by atoms with Crippen LogP contribution in [0.1, 0.15) is 34.1 Å². The van der Waals surface area contributed by atoms with Crippen LogP contribution in [-0.2, 0) is 9.59 Å². The smallest absolute Gasteiger partial charge is 0.151 e. The number of rotatable bonds is 13. The summed E-state index contributed by atoms with van der Waals surface area (Å²) in [6.45, 7) is 8.45. The second kappa shape index (κ2) is 12.6. The molecular formula is C17H34N2O2S3. The molecule has 0 unspecified atom stereocenters. The molecule has 0 rings (SSSR count). The summed E-state index contributed by atoms with van der Waals surface area (Å²) < 4.78 is 0. The fourth-order valence-electron chi connectivity index (χ4n) is 2.32. The molecule has 0 saturated heterocycles. The van der Waals surface area contributed by atoms with Crippen molar-refractivity contribution in [3.8, 4) is 0 Å². The third-order valence-corrected chi connectivity index (χ3v) is 6.46. The standard InChI is InChI=1S/C17H34N2O2S3/c1-10(2)17(24)16(18-5)14(20)6-13(9-23)15(21)7-19-12(4)11(3)8-22/h10-13,16-19,22-24H,6-9H2,1-5H3/t11-,12+,13-,16+,17+/m0/s1. The van der Waals surface area contributed by atoms with E-state index in [-0.39, 0.29) is 53.7 Å². The zero-order chi connectivity index (χ0) is 18.9. The monoisotopic (exact) mass is 394 g/mol. The first-order valence-corrected chi connectivity index (χ1v) is 10.3. The zero-order valence-electron chi connectivity index (χ0n) is 15.5. The summed E-state index contributed by atoms with van der Waals surface area (Å²) >= 11 is 13.1. The van der Waals surface area contributed by atoms with E-state index in [1.54, 1.807) is 7.05 Å². The molecule has 5 atom stereocenters. The molecule has 24 heavy (non-hydrogen) atoms. The minimum atomic E-state index is -0.365. The van der Waals surface area contributed by atoms with Gasteiger partial charge < -0.3 is 10.6 Å². The van der Waals surface area contributed by atoms with Gasteiger partial charge in [0.05, 0.1) is 12.6 Å². The zero-order valence-corrected chi connectivity index (χ0v) is 18.1. The molecule has 0 heterocycles. The minimum Gasteiger partial charge on any atom is -0.310 e. The van der Waals surface area contributed by atoms with E-state index in [4.69, 9.17) is 0 Å². The van der Waals surface area contributed by atoms with E-state index in [1.807, 2.05) is 20.8 Å². The van der Waals surface area contributed by atoms with Crippen molar-refractivity contribution in [2.24, 2.45) is 17.8 Å². The molecule has 0 aromatic heterocycles. The lowest BCUT2D eigenvalue weighted by molar-refractivity contribution is -0.128. The normalized spacial score (nSPS) is 18.0. The van der Waals surface area contributed by atoms with Crippen molar-refractivity contribution < 1.29 is 9.59 Å². The summed E-state index contributed by atoms with van der Waals surface area (Å²) in [6.07, 6.45) is 0.204. The van der Waals surface area contributed by atoms with Crippen LogP contribution in [0.3, 0.4) is 0 Å². The third kappa shape index (κ3) is 8.13. The molecule has 0 radical (unpaired) electrons. The van der Waals surface area contributed by atoms with Gasteiger partial charge in [-0.1, -0.05) is 20.8 Å². The van der Waals surface area contributed by atoms with Crippen molar-refractivity contribution in [3.63, 3.8) is 0 Å². The number of ketones is 2. The molecule has 7 heteroatoms. The maximum Gasteiger partial charge on any atom is 0.151 e. The number of Topliss-reactive ketones (excluding diaryl/α,β-unsaturated/α-hetero) is 2. The molecular weight excluding hydrogens is 360 g/mol. The molecule has 0 aromatic carbocycles. The quantitative estimate of drug-likeness (QED) is 0.311. The van der Waals surface area contributed by atoms with E-state index in [0.717, 1.165) is 5.75 Å². The Balaban J connectivity index is 4.67. The van der Waals surface area contributed by atoms with Crippen LogP contribution in [-0.4, -0.2) is 54.0 Å². The van der Waals surface area contributed by atoms with Gasteiger partial charge >= 0.3 is 0 Å². The predicted molar refractivity (Wildman–Crippen MR) is 113 cm³/mol. The number of hydrogen-bond donors (Lipinski definition) is 5. The van der Waals surface area contributed by atoms with Crippen LogP contribution in [0.2, 0.25) is 0 Å². The van der Waals surface area contributed by atoms with Crippen molar-refractivity contribution in [3.05, 3.63) is 0 Å². The second-order valence-corrected chi connectivity index (χ2v) is 8.17. The summed E-state index contributed by atoms with van der Waals surface area (Å²) in [5, 5.41) is 6.19. The van der Waals surface area contributed by atoms with Gasteiger partial charge in [0.1, 0.15) is 0 Å². The van der Waals surface area contributed by atoms with Gasteiger partial charge in [-0.3, -0.25) is 9.59 Å². The van der Waals surface area contributed by atoms with Crippen molar-refractivity contribution >= 4 is 49.5 Å². The van der Waals surface area contributed by atoms with Gasteiger partial charge in [0, 0.05) is 29.4 Å². The van der Waals surface area contributed by atoms with Crippen LogP contribution >= 0.6 is 37.9 Å². The Kier molecular flexibility index (Phi) is 12.8. The topological polar surface area (TPSA) is 58.2 Å². The lowest BCUT2D eigenvalue weighted by Gasteiger charge is -2.26. The summed E-state index contributed by atoms with van der Waals surface area (Å²) in [6, 6.07) is -0.143. The van der Waals surface area contributed by atoms with E-state index in [2.05, 4.69) is 55.4 Å². The van der Waals surface area contributed by atoms with Crippen LogP contribution in [0.5, 0.6) is 0 Å². The first-order valence-electron chi connectivity index (χ1n) is 8.55. The second-order valence-electron chi connectivity index (χ2n) is 6.85. The largest absolute Gasteiger partial charge is 0.310 e. The molecule has 0 aliphatic heterocycles. The first kappa shape index (κ1) is 24.3. The summed E-state index contributed by atoms with van der Waals surface area (Å²) in [4.78, 5) is 25.0. The van der Waals surface area contributed by atoms with Crippen LogP contribution in [0.15, 0.2) is 0 Å². The van der Waals surface area contributed by atoms with Gasteiger partial charge in [0.2, 0.25) is 0 Å². The highest BCUT2D eigenvalue weighted by Gasteiger charge is 2.30. The van der Waals surface area contributed by atoms with Crippen LogP contribution in [0, 0.1) is 17.8 Å². The van der Waals surface area contributed by atoms with E-state index < -0.39 is 0 Å². The summed E-state index contributed by atoms with van der Waals surface area (Å²) in [5.74, 6) is 1.47. The molecule has 0 fully saturated rings. The Hall–Kier alpha value is 0.310. The average molecular weight is 395 g/mol. The molecule has 0 aromatic rings. The number of carbonyl (C=O) groups excluding carboxylic acids is 2. The van der Waals surface area contributed by atoms with Gasteiger partial charge in [-0.2, -0.15) is 37.9 Å². The Morgan fingerprint density at radius 3 is 2.00 bits per heavy atom. The highest BCUT2D eigenvalue weighted by molar-refractivity contribution is 7.81. The number of hydrogen-bond acceptors (Lipinski definition) is 7. The van der Waals surface area contributed by atoms with Crippen molar-refractivity contribution in [1.29, 1.82) is 0 Å². The molecule has 2 N–H and O–H groups in total. The summed E-state index contributed by atoms with van der Waals surface area (Å²) in [7, 11) is 1.76. The van der Waals surface area contributed by atoms with Crippen molar-refractivity contribution in [2.75, 3.05) is 25.1 Å². The summed E-state index contributed by atoms with van der Waals surface area (Å²) in [5.41, 5.74) is 0. The van der Waals surface area contributed by atoms with Gasteiger partial charge in [-0.25, -0.2) is 0 Å². The fraction of sp³-hybridized carbons (Fsp3) is 0.882. The van der Waals surface area contributed by atoms with E-state index in [0.29, 0.717) is 11.7 Å². The van der Waals surface area contributed by atoms with E-state index in [1.165, 1.54) is 0 Å². The molecule has 0 aliphatic carbocycles. The minimum absolute atomic E-state index is 0.0235. The lowest BCUT2D eigenvalue weighted by atomic mass is 9.91. The Morgan fingerprint density at radius 2 is 1.58 bits per heavy atom. The molecule has 0 bridgehead atoms. The molecule has 0 amide bonds. The third-order valence-electron chi connectivity index (χ3n) is 4.55. The highest BCUT2D eigenvalue weighted by Crippen LogP contribution is 2.18. The Bertz CT molecular complexity index is 394. The van der Waals surface area contributed by atoms with Gasteiger partial charge in [0.15, 0.2) is 11.6 Å². The molecule has 0 saturated carbocycles. The molecule has 0 aliphatic rings.